The van der Waals surface area contributed by atoms with Gasteiger partial charge in [0.2, 0.25) is 0 Å². The minimum atomic E-state index is 0.0348. The Morgan fingerprint density at radius 2 is 1.74 bits per heavy atom. The first-order valence-electron chi connectivity index (χ1n) is 11.9. The van der Waals surface area contributed by atoms with Crippen molar-refractivity contribution in [2.24, 2.45) is 5.92 Å². The number of phenols is 1. The molecule has 1 saturated carbocycles. The van der Waals surface area contributed by atoms with Crippen molar-refractivity contribution >= 4 is 11.8 Å². The summed E-state index contributed by atoms with van der Waals surface area (Å²) < 4.78 is 12.6. The average Bonchev–Trinajstić information content (AvgIpc) is 3.34. The zero-order valence-corrected chi connectivity index (χ0v) is 19.0. The molecule has 2 aromatic carbocycles. The molecule has 0 aromatic heterocycles. The molecule has 1 aliphatic carbocycles. The number of nitrogens with zero attached hydrogens (tertiary/aromatic N) is 1. The van der Waals surface area contributed by atoms with Crippen molar-refractivity contribution in [1.29, 1.82) is 0 Å². The highest BCUT2D eigenvalue weighted by Crippen LogP contribution is 2.51. The lowest BCUT2D eigenvalue weighted by Crippen LogP contribution is -2.33. The monoisotopic (exact) mass is 439 g/mol. The normalized spacial score (nSPS) is 24.5. The van der Waals surface area contributed by atoms with Gasteiger partial charge >= 0.3 is 0 Å². The molecule has 31 heavy (non-hydrogen) atoms. The molecule has 2 aliphatic heterocycles. The van der Waals surface area contributed by atoms with Crippen LogP contribution >= 0.6 is 11.8 Å². The van der Waals surface area contributed by atoms with E-state index in [0.717, 1.165) is 29.5 Å². The first kappa shape index (κ1) is 21.0. The third kappa shape index (κ3) is 4.98. The van der Waals surface area contributed by atoms with Crippen LogP contribution in [0.2, 0.25) is 0 Å². The summed E-state index contributed by atoms with van der Waals surface area (Å²) in [6, 6.07) is 14.0. The molecule has 1 saturated heterocycles. The third-order valence-corrected chi connectivity index (χ3v) is 8.42. The van der Waals surface area contributed by atoms with Crippen molar-refractivity contribution in [2.75, 3.05) is 26.2 Å². The Kier molecular flexibility index (Phi) is 6.61. The molecule has 2 heterocycles. The van der Waals surface area contributed by atoms with Crippen molar-refractivity contribution in [1.82, 2.24) is 4.90 Å². The maximum absolute atomic E-state index is 9.92. The van der Waals surface area contributed by atoms with Crippen LogP contribution in [0.15, 0.2) is 47.4 Å². The number of piperidine rings is 1. The first-order chi connectivity index (χ1) is 15.3. The number of benzene rings is 2. The van der Waals surface area contributed by atoms with E-state index in [1.807, 2.05) is 23.9 Å². The van der Waals surface area contributed by atoms with Gasteiger partial charge in [-0.15, -0.1) is 11.8 Å². The van der Waals surface area contributed by atoms with E-state index in [1.165, 1.54) is 63.6 Å². The molecule has 2 fully saturated rings. The van der Waals surface area contributed by atoms with Gasteiger partial charge in [0.25, 0.3) is 0 Å². The van der Waals surface area contributed by atoms with Gasteiger partial charge in [-0.2, -0.15) is 0 Å². The van der Waals surface area contributed by atoms with Gasteiger partial charge in [0.05, 0.1) is 10.1 Å². The van der Waals surface area contributed by atoms with Crippen LogP contribution < -0.4 is 9.47 Å². The van der Waals surface area contributed by atoms with Gasteiger partial charge in [0, 0.05) is 6.54 Å². The van der Waals surface area contributed by atoms with Crippen molar-refractivity contribution < 1.29 is 14.6 Å². The Morgan fingerprint density at radius 1 is 0.968 bits per heavy atom. The minimum Gasteiger partial charge on any atom is -0.508 e. The molecule has 0 unspecified atom stereocenters. The predicted octanol–water partition coefficient (Wildman–Crippen LogP) is 6.04. The summed E-state index contributed by atoms with van der Waals surface area (Å²) in [4.78, 5) is 3.57. The highest BCUT2D eigenvalue weighted by Gasteiger charge is 2.38. The molecule has 0 spiro atoms. The standard InChI is InChI=1S/C26H33NO3S/c28-21-10-13-23-24(18-21)31-26(20-6-2-3-7-20)25(30-23)19-8-11-22(12-9-19)29-17-16-27-14-4-1-5-15-27/h8-13,18,20,25-26,28H,1-7,14-17H2/t25-,26-/m0/s1. The molecule has 0 radical (unpaired) electrons. The molecule has 3 aliphatic rings. The lowest BCUT2D eigenvalue weighted by atomic mass is 9.94. The number of rotatable bonds is 6. The zero-order valence-electron chi connectivity index (χ0n) is 18.2. The number of phenolic OH excluding ortho intramolecular Hbond substituents is 1. The van der Waals surface area contributed by atoms with Crippen molar-refractivity contribution in [2.45, 2.75) is 61.2 Å². The van der Waals surface area contributed by atoms with E-state index in [1.54, 1.807) is 6.07 Å². The van der Waals surface area contributed by atoms with E-state index >= 15 is 0 Å². The Hall–Kier alpha value is -1.85. The van der Waals surface area contributed by atoms with Gasteiger partial charge in [0.1, 0.15) is 30.0 Å². The molecule has 2 atom stereocenters. The Labute approximate surface area is 189 Å². The van der Waals surface area contributed by atoms with Gasteiger partial charge in [0.15, 0.2) is 0 Å². The molecular formula is C26H33NO3S. The van der Waals surface area contributed by atoms with Crippen LogP contribution in [-0.4, -0.2) is 41.5 Å². The molecule has 5 rings (SSSR count). The highest BCUT2D eigenvalue weighted by atomic mass is 32.2. The van der Waals surface area contributed by atoms with E-state index in [4.69, 9.17) is 9.47 Å². The van der Waals surface area contributed by atoms with Crippen LogP contribution in [0.4, 0.5) is 0 Å². The number of hydrogen-bond donors (Lipinski definition) is 1. The molecular weight excluding hydrogens is 406 g/mol. The fourth-order valence-corrected chi connectivity index (χ4v) is 6.73. The molecule has 0 bridgehead atoms. The lowest BCUT2D eigenvalue weighted by Gasteiger charge is -2.36. The second kappa shape index (κ2) is 9.74. The van der Waals surface area contributed by atoms with Crippen LogP contribution in [0.1, 0.15) is 56.6 Å². The molecule has 5 heteroatoms. The number of fused-ring (bicyclic) bond motifs is 1. The molecule has 2 aromatic rings. The summed E-state index contributed by atoms with van der Waals surface area (Å²) in [7, 11) is 0. The SMILES string of the molecule is Oc1ccc2c(c1)S[C@@H](C1CCCC1)[C@H](c1ccc(OCCN3CCCCC3)cc1)O2. The topological polar surface area (TPSA) is 41.9 Å². The highest BCUT2D eigenvalue weighted by molar-refractivity contribution is 8.00. The quantitative estimate of drug-likeness (QED) is 0.594. The largest absolute Gasteiger partial charge is 0.508 e. The van der Waals surface area contributed by atoms with Gasteiger partial charge in [-0.3, -0.25) is 4.90 Å². The Morgan fingerprint density at radius 3 is 2.52 bits per heavy atom. The zero-order chi connectivity index (χ0) is 21.0. The summed E-state index contributed by atoms with van der Waals surface area (Å²) in [5.74, 6) is 2.78. The number of thioether (sulfide) groups is 1. The Bertz CT molecular complexity index is 859. The van der Waals surface area contributed by atoms with E-state index in [2.05, 4.69) is 29.2 Å². The van der Waals surface area contributed by atoms with Gasteiger partial charge in [-0.05, 0) is 80.6 Å². The van der Waals surface area contributed by atoms with Gasteiger partial charge in [-0.1, -0.05) is 31.4 Å². The maximum Gasteiger partial charge on any atom is 0.136 e. The third-order valence-electron chi connectivity index (χ3n) is 6.94. The maximum atomic E-state index is 9.92. The van der Waals surface area contributed by atoms with Crippen LogP contribution in [0.3, 0.4) is 0 Å². The van der Waals surface area contributed by atoms with Crippen molar-refractivity contribution in [3.63, 3.8) is 0 Å². The number of hydrogen-bond acceptors (Lipinski definition) is 5. The van der Waals surface area contributed by atoms with E-state index in [-0.39, 0.29) is 6.10 Å². The van der Waals surface area contributed by atoms with E-state index in [0.29, 0.717) is 16.9 Å². The minimum absolute atomic E-state index is 0.0348. The van der Waals surface area contributed by atoms with Crippen LogP contribution in [0.25, 0.3) is 0 Å². The van der Waals surface area contributed by atoms with Gasteiger partial charge < -0.3 is 14.6 Å². The summed E-state index contributed by atoms with van der Waals surface area (Å²) >= 11 is 1.88. The van der Waals surface area contributed by atoms with Crippen molar-refractivity contribution in [3.8, 4) is 17.2 Å². The summed E-state index contributed by atoms with van der Waals surface area (Å²) in [6.07, 6.45) is 9.20. The predicted molar refractivity (Wildman–Crippen MR) is 125 cm³/mol. The summed E-state index contributed by atoms with van der Waals surface area (Å²) in [5, 5.41) is 10.3. The number of likely N-dealkylation sites (tertiary alicyclic amines) is 1. The molecule has 0 amide bonds. The molecule has 4 nitrogen and oxygen atoms in total. The molecule has 166 valence electrons. The summed E-state index contributed by atoms with van der Waals surface area (Å²) in [5.41, 5.74) is 1.21. The summed E-state index contributed by atoms with van der Waals surface area (Å²) in [6.45, 7) is 4.18. The van der Waals surface area contributed by atoms with Crippen molar-refractivity contribution in [3.05, 3.63) is 48.0 Å². The van der Waals surface area contributed by atoms with E-state index in [9.17, 15) is 5.11 Å². The second-order valence-corrected chi connectivity index (χ2v) is 10.3. The second-order valence-electron chi connectivity index (χ2n) is 9.12. The average molecular weight is 440 g/mol. The van der Waals surface area contributed by atoms with E-state index < -0.39 is 0 Å². The smallest absolute Gasteiger partial charge is 0.136 e. The first-order valence-corrected chi connectivity index (χ1v) is 12.8. The number of ether oxygens (including phenoxy) is 2. The molecule has 1 N–H and O–H groups in total. The lowest BCUT2D eigenvalue weighted by molar-refractivity contribution is 0.166. The van der Waals surface area contributed by atoms with Crippen LogP contribution in [-0.2, 0) is 0 Å². The Balaban J connectivity index is 1.27. The van der Waals surface area contributed by atoms with Crippen LogP contribution in [0, 0.1) is 5.92 Å². The van der Waals surface area contributed by atoms with Gasteiger partial charge in [-0.25, -0.2) is 0 Å². The van der Waals surface area contributed by atoms with Crippen LogP contribution in [0.5, 0.6) is 17.2 Å². The number of aromatic hydroxyl groups is 1. The fourth-order valence-electron chi connectivity index (χ4n) is 5.21. The fraction of sp³-hybridized carbons (Fsp3) is 0.538.